The maximum Gasteiger partial charge on any atom is 0.413 e. The summed E-state index contributed by atoms with van der Waals surface area (Å²) in [5.74, 6) is -5.45. The number of aliphatic hydroxyl groups excluding tert-OH is 2. The third-order valence-corrected chi connectivity index (χ3v) is 9.88. The molecule has 0 radical (unpaired) electrons. The Balaban J connectivity index is 1.83. The highest BCUT2D eigenvalue weighted by Crippen LogP contribution is 2.55. The molecule has 286 valence electrons. The zero-order valence-electron chi connectivity index (χ0n) is 32.1. The number of nitrogens with zero attached hydrogens (tertiary/aromatic N) is 3. The van der Waals surface area contributed by atoms with Gasteiger partial charge in [0.15, 0.2) is 11.4 Å². The monoisotopic (exact) mass is 726 g/mol. The molecule has 0 bridgehead atoms. The fourth-order valence-electron chi connectivity index (χ4n) is 7.57. The molecule has 1 aromatic carbocycles. The molecule has 0 spiro atoms. The summed E-state index contributed by atoms with van der Waals surface area (Å²) in [4.78, 5) is 57.7. The van der Waals surface area contributed by atoms with Gasteiger partial charge >= 0.3 is 12.1 Å². The van der Waals surface area contributed by atoms with Crippen LogP contribution in [0.5, 0.6) is 5.75 Å². The molecule has 2 amide bonds. The first-order valence-electron chi connectivity index (χ1n) is 17.2. The van der Waals surface area contributed by atoms with Gasteiger partial charge in [-0.15, -0.1) is 0 Å². The SMILES string of the molecule is C=C1C(C(N)=O)=C(O)[C@@H](N(C)C)[C@@H]2C[C@@H]3Cc4c(N(C)C)cc(CN(CC(C)(C)C)C(=O)OC(C)OC(=O)C(C)(C)C)c(O)c4C(O)=C3C(=O)[C@]12O. The summed E-state index contributed by atoms with van der Waals surface area (Å²) in [5.41, 5.74) is 2.32. The molecule has 0 saturated heterocycles. The number of anilines is 1. The third-order valence-electron chi connectivity index (χ3n) is 9.88. The fourth-order valence-corrected chi connectivity index (χ4v) is 7.57. The lowest BCUT2D eigenvalue weighted by atomic mass is 9.56. The predicted molar refractivity (Wildman–Crippen MR) is 194 cm³/mol. The number of ether oxygens (including phenoxy) is 2. The topological polar surface area (TPSA) is 203 Å². The van der Waals surface area contributed by atoms with Crippen molar-refractivity contribution in [2.45, 2.75) is 85.8 Å². The number of carbonyl (C=O) groups excluding carboxylic acids is 4. The molecular formula is C38H54N4O10. The lowest BCUT2D eigenvalue weighted by Gasteiger charge is -2.52. The second-order valence-corrected chi connectivity index (χ2v) is 16.8. The van der Waals surface area contributed by atoms with Gasteiger partial charge in [-0.2, -0.15) is 0 Å². The van der Waals surface area contributed by atoms with E-state index in [-0.39, 0.29) is 54.0 Å². The number of hydrogen-bond acceptors (Lipinski definition) is 12. The smallest absolute Gasteiger partial charge is 0.413 e. The van der Waals surface area contributed by atoms with E-state index < -0.39 is 81.4 Å². The predicted octanol–water partition coefficient (Wildman–Crippen LogP) is 3.94. The molecule has 5 atom stereocenters. The lowest BCUT2D eigenvalue weighted by Crippen LogP contribution is -2.63. The number of phenolic OH excluding ortho intramolecular Hbond substituents is 1. The molecule has 14 nitrogen and oxygen atoms in total. The van der Waals surface area contributed by atoms with E-state index in [9.17, 15) is 39.6 Å². The largest absolute Gasteiger partial charge is 0.510 e. The van der Waals surface area contributed by atoms with Crippen molar-refractivity contribution in [3.05, 3.63) is 51.8 Å². The number of hydrogen-bond donors (Lipinski definition) is 5. The van der Waals surface area contributed by atoms with Crippen molar-refractivity contribution in [1.82, 2.24) is 9.80 Å². The number of primary amides is 1. The number of Topliss-reactive ketones (excluding diaryl/α,β-unsaturated/α-hetero) is 1. The van der Waals surface area contributed by atoms with Gasteiger partial charge < -0.3 is 45.4 Å². The van der Waals surface area contributed by atoms with Crippen LogP contribution >= 0.6 is 0 Å². The van der Waals surface area contributed by atoms with E-state index in [2.05, 4.69) is 6.58 Å². The Morgan fingerprint density at radius 1 is 1.06 bits per heavy atom. The van der Waals surface area contributed by atoms with Gasteiger partial charge in [-0.3, -0.25) is 19.3 Å². The normalized spacial score (nSPS) is 23.8. The van der Waals surface area contributed by atoms with Gasteiger partial charge in [0.25, 0.3) is 5.91 Å². The first-order chi connectivity index (χ1) is 23.7. The Morgan fingerprint density at radius 2 is 1.65 bits per heavy atom. The molecule has 3 aliphatic rings. The number of benzene rings is 1. The highest BCUT2D eigenvalue weighted by molar-refractivity contribution is 6.14. The van der Waals surface area contributed by atoms with Crippen LogP contribution in [0, 0.1) is 22.7 Å². The van der Waals surface area contributed by atoms with Crippen LogP contribution in [0.2, 0.25) is 0 Å². The zero-order chi connectivity index (χ0) is 39.6. The van der Waals surface area contributed by atoms with Crippen molar-refractivity contribution in [2.24, 2.45) is 28.4 Å². The molecule has 0 aromatic heterocycles. The van der Waals surface area contributed by atoms with E-state index in [4.69, 9.17) is 15.2 Å². The number of carbonyl (C=O) groups is 4. The summed E-state index contributed by atoms with van der Waals surface area (Å²) in [6, 6.07) is 0.738. The summed E-state index contributed by atoms with van der Waals surface area (Å²) >= 11 is 0. The lowest BCUT2D eigenvalue weighted by molar-refractivity contribution is -0.175. The summed E-state index contributed by atoms with van der Waals surface area (Å²) in [6.07, 6.45) is -1.72. The molecule has 4 rings (SSSR count). The van der Waals surface area contributed by atoms with E-state index in [0.29, 0.717) is 11.3 Å². The number of fused-ring (bicyclic) bond motifs is 3. The minimum Gasteiger partial charge on any atom is -0.510 e. The minimum atomic E-state index is -2.40. The molecule has 0 aliphatic heterocycles. The molecule has 1 saturated carbocycles. The number of rotatable bonds is 8. The van der Waals surface area contributed by atoms with E-state index in [0.717, 1.165) is 0 Å². The Labute approximate surface area is 305 Å². The Hall–Kier alpha value is -4.56. The average molecular weight is 727 g/mol. The van der Waals surface area contributed by atoms with Crippen molar-refractivity contribution in [1.29, 1.82) is 0 Å². The number of phenols is 1. The van der Waals surface area contributed by atoms with Gasteiger partial charge in [-0.05, 0) is 70.7 Å². The number of ketones is 1. The van der Waals surface area contributed by atoms with Gasteiger partial charge in [0.1, 0.15) is 17.3 Å². The number of aliphatic hydroxyl groups is 3. The molecular weight excluding hydrogens is 672 g/mol. The van der Waals surface area contributed by atoms with Crippen molar-refractivity contribution in [2.75, 3.05) is 39.6 Å². The highest BCUT2D eigenvalue weighted by atomic mass is 16.7. The van der Waals surface area contributed by atoms with Crippen LogP contribution in [0.25, 0.3) is 5.76 Å². The number of esters is 1. The summed E-state index contributed by atoms with van der Waals surface area (Å²) in [5, 5.41) is 47.2. The maximum atomic E-state index is 14.5. The van der Waals surface area contributed by atoms with Gasteiger partial charge in [0.2, 0.25) is 6.29 Å². The first-order valence-corrected chi connectivity index (χ1v) is 17.2. The molecule has 1 unspecified atom stereocenters. The Kier molecular flexibility index (Phi) is 10.7. The quantitative estimate of drug-likeness (QED) is 0.191. The minimum absolute atomic E-state index is 0.0292. The van der Waals surface area contributed by atoms with E-state index >= 15 is 0 Å². The maximum absolute atomic E-state index is 14.5. The molecule has 1 fully saturated rings. The second kappa shape index (κ2) is 13.8. The van der Waals surface area contributed by atoms with Crippen LogP contribution in [0.15, 0.2) is 35.1 Å². The van der Waals surface area contributed by atoms with E-state index in [1.165, 1.54) is 11.8 Å². The number of amides is 2. The highest BCUT2D eigenvalue weighted by Gasteiger charge is 2.62. The van der Waals surface area contributed by atoms with Crippen LogP contribution in [0.1, 0.15) is 71.6 Å². The Bertz CT molecular complexity index is 1760. The summed E-state index contributed by atoms with van der Waals surface area (Å²) < 4.78 is 10.8. The van der Waals surface area contributed by atoms with Crippen LogP contribution < -0.4 is 10.6 Å². The van der Waals surface area contributed by atoms with E-state index in [1.807, 2.05) is 20.8 Å². The molecule has 1 aromatic rings. The summed E-state index contributed by atoms with van der Waals surface area (Å²) in [7, 11) is 6.84. The van der Waals surface area contributed by atoms with E-state index in [1.54, 1.807) is 64.8 Å². The van der Waals surface area contributed by atoms with Gasteiger partial charge in [-0.1, -0.05) is 27.4 Å². The van der Waals surface area contributed by atoms with Crippen molar-refractivity contribution < 1.29 is 49.1 Å². The van der Waals surface area contributed by atoms with Crippen molar-refractivity contribution in [3.63, 3.8) is 0 Å². The average Bonchev–Trinajstić information content (AvgIpc) is 2.98. The van der Waals surface area contributed by atoms with Crippen LogP contribution in [0.3, 0.4) is 0 Å². The van der Waals surface area contributed by atoms with Crippen molar-refractivity contribution >= 4 is 35.2 Å². The molecule has 52 heavy (non-hydrogen) atoms. The summed E-state index contributed by atoms with van der Waals surface area (Å²) in [6.45, 7) is 16.0. The second-order valence-electron chi connectivity index (χ2n) is 16.8. The standard InChI is InChI=1S/C38H54N4O10/c1-18-25(33(39)47)31(45)28(41(11)12)23-14-20-13-22-24(40(9)10)15-21(29(43)27(22)30(44)26(20)32(46)38(18,23)50)16-42(17-36(3,4)5)35(49)52-19(2)51-34(48)37(6,7)8/h15,19-20,23,28,43-45,50H,1,13-14,16-17H2,2-12H3,(H2,39,47)/t19?,20-,23-,28-,38-/m0/s1. The van der Waals surface area contributed by atoms with Crippen LogP contribution in [0.4, 0.5) is 10.5 Å². The Morgan fingerprint density at radius 3 is 2.15 bits per heavy atom. The molecule has 0 heterocycles. The number of aromatic hydroxyl groups is 1. The van der Waals surface area contributed by atoms with Crippen LogP contribution in [-0.4, -0.2) is 107 Å². The van der Waals surface area contributed by atoms with Crippen LogP contribution in [-0.2, 0) is 36.8 Å². The van der Waals surface area contributed by atoms with Gasteiger partial charge in [0, 0.05) is 55.9 Å². The fraction of sp³-hybridized carbons (Fsp3) is 0.579. The zero-order valence-corrected chi connectivity index (χ0v) is 32.1. The number of likely N-dealkylation sites (N-methyl/N-ethyl adjacent to an activating group) is 1. The number of nitrogens with two attached hydrogens (primary N) is 1. The molecule has 6 N–H and O–H groups in total. The van der Waals surface area contributed by atoms with Gasteiger partial charge in [-0.25, -0.2) is 4.79 Å². The third kappa shape index (κ3) is 7.10. The van der Waals surface area contributed by atoms with Crippen molar-refractivity contribution in [3.8, 4) is 5.75 Å². The molecule has 14 heteroatoms. The first kappa shape index (κ1) is 40.2. The molecule has 3 aliphatic carbocycles. The van der Waals surface area contributed by atoms with Gasteiger partial charge in [0.05, 0.1) is 29.1 Å².